The van der Waals surface area contributed by atoms with Crippen molar-refractivity contribution < 1.29 is 128 Å². The fourth-order valence-corrected chi connectivity index (χ4v) is 11.1. The van der Waals surface area contributed by atoms with Crippen molar-refractivity contribution in [2.75, 3.05) is 206 Å². The summed E-state index contributed by atoms with van der Waals surface area (Å²) >= 11 is 1.01. The van der Waals surface area contributed by atoms with E-state index < -0.39 is 59.7 Å². The van der Waals surface area contributed by atoms with Gasteiger partial charge in [0.1, 0.15) is 19.3 Å². The Kier molecular flexibility index (Phi) is 41.5. The molecule has 2 unspecified atom stereocenters. The molecule has 1 aromatic heterocycles. The lowest BCUT2D eigenvalue weighted by molar-refractivity contribution is -0.148. The predicted octanol–water partition coefficient (Wildman–Crippen LogP) is 5.86. The van der Waals surface area contributed by atoms with E-state index in [-0.39, 0.29) is 148 Å². The van der Waals surface area contributed by atoms with Crippen molar-refractivity contribution >= 4 is 62.8 Å². The summed E-state index contributed by atoms with van der Waals surface area (Å²) in [5, 5.41) is 2.67. The lowest BCUT2D eigenvalue weighted by Crippen LogP contribution is -2.43. The van der Waals surface area contributed by atoms with Gasteiger partial charge < -0.3 is 95.5 Å². The van der Waals surface area contributed by atoms with Crippen LogP contribution in [0.5, 0.6) is 23.0 Å². The van der Waals surface area contributed by atoms with Gasteiger partial charge in [-0.05, 0) is 30.5 Å². The van der Waals surface area contributed by atoms with Crippen LogP contribution in [0.1, 0.15) is 92.9 Å². The number of methoxy groups -OCH3 is 3. The Balaban J connectivity index is 0.837. The first-order chi connectivity index (χ1) is 48.1. The van der Waals surface area contributed by atoms with Crippen molar-refractivity contribution in [3.8, 4) is 23.0 Å². The number of Topliss-reactive ketones (excluding diaryl/α,β-unsaturated/α-hetero) is 1. The third kappa shape index (κ3) is 31.2. The fourth-order valence-electron chi connectivity index (χ4n) is 10.0. The number of likely N-dealkylation sites (tertiary alicyclic amines) is 1. The van der Waals surface area contributed by atoms with Crippen LogP contribution < -0.4 is 24.3 Å². The summed E-state index contributed by atoms with van der Waals surface area (Å²) in [5.41, 5.74) is 0.754. The Morgan fingerprint density at radius 3 is 1.55 bits per heavy atom. The van der Waals surface area contributed by atoms with Crippen LogP contribution in [-0.4, -0.2) is 263 Å². The molecule has 2 aliphatic rings. The first-order valence-electron chi connectivity index (χ1n) is 33.6. The van der Waals surface area contributed by atoms with Gasteiger partial charge in [0.25, 0.3) is 0 Å². The largest absolute Gasteiger partial charge is 0.493 e. The number of nitrogens with zero attached hydrogens (tertiary/aromatic N) is 2. The number of halogens is 2. The molecular weight excluding hydrogens is 1330 g/mol. The van der Waals surface area contributed by atoms with Crippen molar-refractivity contribution in [3.63, 3.8) is 0 Å². The minimum absolute atomic E-state index is 0.0147. The smallest absolute Gasteiger partial charge is 0.306 e. The van der Waals surface area contributed by atoms with E-state index in [2.05, 4.69) is 5.32 Å². The quantitative estimate of drug-likeness (QED) is 0.0299. The third-order valence-corrected chi connectivity index (χ3v) is 16.4. The topological polar surface area (TPSA) is 304 Å². The maximum Gasteiger partial charge on any atom is 0.306 e. The van der Waals surface area contributed by atoms with Crippen LogP contribution in [0.15, 0.2) is 18.2 Å². The van der Waals surface area contributed by atoms with Crippen LogP contribution >= 0.6 is 11.3 Å². The van der Waals surface area contributed by atoms with E-state index in [9.17, 15) is 33.6 Å². The Hall–Kier alpha value is -6.33. The van der Waals surface area contributed by atoms with E-state index in [0.717, 1.165) is 29.1 Å². The number of fused-ring (bicyclic) bond motifs is 2. The number of ketones is 1. The summed E-state index contributed by atoms with van der Waals surface area (Å²) in [6.07, 6.45) is 0.213. The zero-order valence-electron chi connectivity index (χ0n) is 58.1. The highest BCUT2D eigenvalue weighted by Crippen LogP contribution is 2.42. The van der Waals surface area contributed by atoms with Crippen molar-refractivity contribution in [3.05, 3.63) is 45.8 Å². The molecule has 28 nitrogen and oxygen atoms in total. The molecule has 2 aromatic carbocycles. The minimum Gasteiger partial charge on any atom is -0.493 e. The van der Waals surface area contributed by atoms with Crippen molar-refractivity contribution in [2.24, 2.45) is 11.8 Å². The number of amides is 4. The molecule has 1 saturated heterocycles. The van der Waals surface area contributed by atoms with E-state index in [0.29, 0.717) is 149 Å². The number of nitrogens with one attached hydrogen (secondary N) is 1. The van der Waals surface area contributed by atoms with Gasteiger partial charge in [-0.25, -0.2) is 8.78 Å². The molecule has 0 aliphatic carbocycles. The van der Waals surface area contributed by atoms with Gasteiger partial charge in [0, 0.05) is 73.5 Å². The second-order valence-electron chi connectivity index (χ2n) is 22.8. The first-order valence-corrected chi connectivity index (χ1v) is 34.5. The zero-order valence-corrected chi connectivity index (χ0v) is 58.9. The van der Waals surface area contributed by atoms with E-state index in [1.807, 2.05) is 13.8 Å². The van der Waals surface area contributed by atoms with Gasteiger partial charge in [-0.15, -0.1) is 11.3 Å². The molecule has 0 bridgehead atoms. The van der Waals surface area contributed by atoms with Gasteiger partial charge in [-0.3, -0.25) is 38.5 Å². The number of hydrogen-bond donors (Lipinski definition) is 1. The van der Waals surface area contributed by atoms with E-state index in [1.54, 1.807) is 20.1 Å². The highest BCUT2D eigenvalue weighted by Gasteiger charge is 2.42. The molecule has 3 atom stereocenters. The maximum absolute atomic E-state index is 16.1. The normalized spacial score (nSPS) is 14.2. The number of carbonyl (C=O) groups excluding carboxylic acids is 7. The molecular formula is C68H101F2N3O25S. The van der Waals surface area contributed by atoms with Gasteiger partial charge in [0.2, 0.25) is 23.6 Å². The molecule has 31 heteroatoms. The van der Waals surface area contributed by atoms with Gasteiger partial charge in [-0.1, -0.05) is 26.7 Å². The van der Waals surface area contributed by atoms with Crippen LogP contribution in [-0.2, 0) is 108 Å². The number of esters is 2. The van der Waals surface area contributed by atoms with Gasteiger partial charge in [0.05, 0.1) is 204 Å². The second kappa shape index (κ2) is 49.3. The summed E-state index contributed by atoms with van der Waals surface area (Å²) < 4.78 is 131. The molecule has 0 saturated carbocycles. The van der Waals surface area contributed by atoms with Gasteiger partial charge in [0.15, 0.2) is 40.4 Å². The lowest BCUT2D eigenvalue weighted by Gasteiger charge is -2.19. The predicted molar refractivity (Wildman–Crippen MR) is 353 cm³/mol. The van der Waals surface area contributed by atoms with Crippen molar-refractivity contribution in [2.45, 2.75) is 91.3 Å². The van der Waals surface area contributed by atoms with Crippen LogP contribution in [0, 0.1) is 23.5 Å². The molecule has 5 rings (SSSR count). The average Bonchev–Trinajstić information content (AvgIpc) is 1.71. The Morgan fingerprint density at radius 1 is 0.576 bits per heavy atom. The van der Waals surface area contributed by atoms with E-state index >= 15 is 8.78 Å². The number of imide groups is 1. The molecule has 2 aliphatic heterocycles. The van der Waals surface area contributed by atoms with Crippen LogP contribution in [0.4, 0.5) is 8.78 Å². The Bertz CT molecular complexity index is 2910. The molecule has 1 fully saturated rings. The minimum atomic E-state index is -0.786. The van der Waals surface area contributed by atoms with Crippen LogP contribution in [0.3, 0.4) is 0 Å². The SMILES string of the molecule is CCCC(C)C1CC(=O)N(CC(=O)NC[C@H](C)OC(=O)CCC(=O)c2cc3c(F)c(OCCCOc4c(OC)cc5c(c4F)CN(C(=O)CCC(=O)OCCOCCOCCOCCOCCOCCOCCOCCOCCOCCOCCOCCOC)C5)c(OC)cc3s2)C1=O. The second-order valence-corrected chi connectivity index (χ2v) is 23.9. The highest BCUT2D eigenvalue weighted by molar-refractivity contribution is 7.20. The summed E-state index contributed by atoms with van der Waals surface area (Å²) in [5.74, 6) is -5.61. The summed E-state index contributed by atoms with van der Waals surface area (Å²) in [6, 6.07) is 4.49. The molecule has 558 valence electrons. The third-order valence-electron chi connectivity index (χ3n) is 15.3. The fraction of sp³-hybridized carbons (Fsp3) is 0.691. The van der Waals surface area contributed by atoms with E-state index in [1.165, 1.54) is 31.3 Å². The molecule has 4 amide bonds. The number of thiophene rings is 1. The Labute approximate surface area is 581 Å². The van der Waals surface area contributed by atoms with Crippen molar-refractivity contribution in [1.82, 2.24) is 15.1 Å². The average molecular weight is 1430 g/mol. The summed E-state index contributed by atoms with van der Waals surface area (Å²) in [6.45, 7) is 14.8. The molecule has 1 N–H and O–H groups in total. The highest BCUT2D eigenvalue weighted by atomic mass is 32.1. The molecule has 99 heavy (non-hydrogen) atoms. The number of rotatable bonds is 59. The van der Waals surface area contributed by atoms with Crippen LogP contribution in [0.25, 0.3) is 10.1 Å². The van der Waals surface area contributed by atoms with Crippen LogP contribution in [0.2, 0.25) is 0 Å². The number of hydrogen-bond acceptors (Lipinski definition) is 26. The van der Waals surface area contributed by atoms with E-state index in [4.69, 9.17) is 85.3 Å². The zero-order chi connectivity index (χ0) is 71.4. The summed E-state index contributed by atoms with van der Waals surface area (Å²) in [7, 11) is 4.32. The maximum atomic E-state index is 16.1. The van der Waals surface area contributed by atoms with Gasteiger partial charge in [-0.2, -0.15) is 0 Å². The number of benzene rings is 2. The molecule has 0 radical (unpaired) electrons. The molecule has 3 aromatic rings. The lowest BCUT2D eigenvalue weighted by atomic mass is 9.89. The van der Waals surface area contributed by atoms with Gasteiger partial charge >= 0.3 is 11.9 Å². The standard InChI is InChI=1S/C68H101F2N3O25S/c1-7-9-48(2)51-42-61(77)73(68(51)80)47-59(75)71-44-49(3)98-63(79)12-10-54(74)58-41-52-57(99-58)43-56(83-6)67(64(52)69)97-15-8-14-96-66-55(82-5)40-50-45-72(46-53(50)65(66)70)60(76)11-13-62(78)95-39-38-94-37-36-93-35-34-92-33-32-91-31-30-90-29-28-89-27-26-88-25-24-87-23-22-86-21-20-85-19-18-84-17-16-81-4/h40-41,43,48-49,51H,7-39,42,44-47H2,1-6H3,(H,71,75)/t48?,49-,51?/m0/s1. The van der Waals surface area contributed by atoms with Crippen molar-refractivity contribution in [1.29, 1.82) is 0 Å². The monoisotopic (exact) mass is 1430 g/mol. The number of carbonyl (C=O) groups is 7. The molecule has 0 spiro atoms. The summed E-state index contributed by atoms with van der Waals surface area (Å²) in [4.78, 5) is 92.0. The first kappa shape index (κ1) is 83.3. The number of ether oxygens (including phenoxy) is 18. The Morgan fingerprint density at radius 2 is 1.05 bits per heavy atom. The molecule has 3 heterocycles.